The molecule has 5 heteroatoms. The minimum absolute atomic E-state index is 0.0311. The fourth-order valence-electron chi connectivity index (χ4n) is 1.95. The van der Waals surface area contributed by atoms with Crippen molar-refractivity contribution in [3.05, 3.63) is 35.9 Å². The second-order valence-electron chi connectivity index (χ2n) is 5.17. The maximum atomic E-state index is 10.6. The summed E-state index contributed by atoms with van der Waals surface area (Å²) in [6.45, 7) is 3.51. The van der Waals surface area contributed by atoms with E-state index in [1.54, 1.807) is 0 Å². The predicted molar refractivity (Wildman–Crippen MR) is 82.7 cm³/mol. The molecule has 0 aliphatic rings. The van der Waals surface area contributed by atoms with E-state index in [4.69, 9.17) is 10.5 Å². The Labute approximate surface area is 126 Å². The van der Waals surface area contributed by atoms with Crippen molar-refractivity contribution in [1.82, 2.24) is 5.32 Å². The molecule has 0 spiro atoms. The number of aliphatic hydroxyl groups is 1. The number of benzene rings is 1. The largest absolute Gasteiger partial charge is 0.389 e. The zero-order valence-corrected chi connectivity index (χ0v) is 12.6. The summed E-state index contributed by atoms with van der Waals surface area (Å²) < 4.78 is 5.65. The molecular formula is C16H26N2O3. The van der Waals surface area contributed by atoms with E-state index < -0.39 is 6.10 Å². The van der Waals surface area contributed by atoms with Gasteiger partial charge in [-0.1, -0.05) is 30.3 Å². The molecule has 0 bridgehead atoms. The van der Waals surface area contributed by atoms with Crippen LogP contribution in [0.4, 0.5) is 0 Å². The number of hydrogen-bond acceptors (Lipinski definition) is 4. The van der Waals surface area contributed by atoms with Gasteiger partial charge in [0.05, 0.1) is 18.8 Å². The van der Waals surface area contributed by atoms with Crippen LogP contribution in [-0.4, -0.2) is 36.8 Å². The standard InChI is InChI=1S/C16H26N2O3/c1-13(14-7-3-2-4-8-14)21-12-15(19)11-18-10-6-5-9-16(17)20/h2-4,7-8,13,15,18-19H,5-6,9-12H2,1H3,(H2,17,20). The molecular weight excluding hydrogens is 268 g/mol. The van der Waals surface area contributed by atoms with Crippen LogP contribution in [0.2, 0.25) is 0 Å². The molecule has 0 aliphatic heterocycles. The molecule has 21 heavy (non-hydrogen) atoms. The highest BCUT2D eigenvalue weighted by atomic mass is 16.5. The summed E-state index contributed by atoms with van der Waals surface area (Å²) in [6, 6.07) is 9.92. The molecule has 1 rings (SSSR count). The average molecular weight is 294 g/mol. The second kappa shape index (κ2) is 10.3. The van der Waals surface area contributed by atoms with Gasteiger partial charge < -0.3 is 20.9 Å². The summed E-state index contributed by atoms with van der Waals surface area (Å²) in [5.41, 5.74) is 6.16. The van der Waals surface area contributed by atoms with Gasteiger partial charge >= 0.3 is 0 Å². The van der Waals surface area contributed by atoms with E-state index in [1.165, 1.54) is 0 Å². The third-order valence-electron chi connectivity index (χ3n) is 3.21. The first-order chi connectivity index (χ1) is 10.1. The summed E-state index contributed by atoms with van der Waals surface area (Å²) >= 11 is 0. The van der Waals surface area contributed by atoms with E-state index in [0.29, 0.717) is 19.6 Å². The van der Waals surface area contributed by atoms with Crippen molar-refractivity contribution < 1.29 is 14.6 Å². The number of amides is 1. The molecule has 118 valence electrons. The van der Waals surface area contributed by atoms with Crippen molar-refractivity contribution in [1.29, 1.82) is 0 Å². The first-order valence-electron chi connectivity index (χ1n) is 7.43. The molecule has 0 radical (unpaired) electrons. The lowest BCUT2D eigenvalue weighted by atomic mass is 10.1. The highest BCUT2D eigenvalue weighted by molar-refractivity contribution is 5.73. The van der Waals surface area contributed by atoms with Crippen molar-refractivity contribution in [2.75, 3.05) is 19.7 Å². The van der Waals surface area contributed by atoms with Crippen LogP contribution in [0.25, 0.3) is 0 Å². The van der Waals surface area contributed by atoms with Gasteiger partial charge in [-0.3, -0.25) is 4.79 Å². The van der Waals surface area contributed by atoms with E-state index in [-0.39, 0.29) is 12.0 Å². The summed E-state index contributed by atoms with van der Waals surface area (Å²) in [5, 5.41) is 13.0. The average Bonchev–Trinajstić information content (AvgIpc) is 2.49. The van der Waals surface area contributed by atoms with Crippen LogP contribution in [-0.2, 0) is 9.53 Å². The Morgan fingerprint density at radius 3 is 2.71 bits per heavy atom. The van der Waals surface area contributed by atoms with Gasteiger partial charge in [-0.05, 0) is 31.9 Å². The van der Waals surface area contributed by atoms with E-state index in [9.17, 15) is 9.90 Å². The van der Waals surface area contributed by atoms with Crippen LogP contribution in [0.15, 0.2) is 30.3 Å². The Kier molecular flexibility index (Phi) is 8.66. The summed E-state index contributed by atoms with van der Waals surface area (Å²) in [7, 11) is 0. The van der Waals surface area contributed by atoms with Gasteiger partial charge in [-0.15, -0.1) is 0 Å². The Hall–Kier alpha value is -1.43. The van der Waals surface area contributed by atoms with Gasteiger partial charge in [0.25, 0.3) is 0 Å². The van der Waals surface area contributed by atoms with Crippen LogP contribution in [0.1, 0.15) is 37.9 Å². The monoisotopic (exact) mass is 294 g/mol. The molecule has 1 amide bonds. The summed E-state index contributed by atoms with van der Waals surface area (Å²) in [6.07, 6.45) is 1.50. The SMILES string of the molecule is CC(OCC(O)CNCCCCC(N)=O)c1ccccc1. The van der Waals surface area contributed by atoms with Crippen molar-refractivity contribution >= 4 is 5.91 Å². The maximum absolute atomic E-state index is 10.6. The third kappa shape index (κ3) is 8.45. The third-order valence-corrected chi connectivity index (χ3v) is 3.21. The number of ether oxygens (including phenoxy) is 1. The quantitative estimate of drug-likeness (QED) is 0.538. The minimum atomic E-state index is -0.535. The summed E-state index contributed by atoms with van der Waals surface area (Å²) in [5.74, 6) is -0.265. The Morgan fingerprint density at radius 2 is 2.05 bits per heavy atom. The molecule has 2 atom stereocenters. The Morgan fingerprint density at radius 1 is 1.33 bits per heavy atom. The fraction of sp³-hybridized carbons (Fsp3) is 0.562. The number of hydrogen-bond donors (Lipinski definition) is 3. The molecule has 0 heterocycles. The van der Waals surface area contributed by atoms with Gasteiger partial charge in [0.2, 0.25) is 5.91 Å². The number of unbranched alkanes of at least 4 members (excludes halogenated alkanes) is 1. The van der Waals surface area contributed by atoms with Gasteiger partial charge in [-0.2, -0.15) is 0 Å². The molecule has 0 saturated carbocycles. The van der Waals surface area contributed by atoms with Gasteiger partial charge in [-0.25, -0.2) is 0 Å². The number of carbonyl (C=O) groups excluding carboxylic acids is 1. The van der Waals surface area contributed by atoms with Gasteiger partial charge in [0.15, 0.2) is 0 Å². The van der Waals surface area contributed by atoms with Crippen LogP contribution in [0.5, 0.6) is 0 Å². The second-order valence-corrected chi connectivity index (χ2v) is 5.17. The molecule has 0 saturated heterocycles. The highest BCUT2D eigenvalue weighted by Gasteiger charge is 2.09. The van der Waals surface area contributed by atoms with Crippen LogP contribution in [0.3, 0.4) is 0 Å². The number of aliphatic hydroxyl groups excluding tert-OH is 1. The predicted octanol–water partition coefficient (Wildman–Crippen LogP) is 1.37. The fourth-order valence-corrected chi connectivity index (χ4v) is 1.95. The van der Waals surface area contributed by atoms with Gasteiger partial charge in [0.1, 0.15) is 0 Å². The number of rotatable bonds is 11. The van der Waals surface area contributed by atoms with E-state index in [0.717, 1.165) is 24.9 Å². The number of carbonyl (C=O) groups is 1. The topological polar surface area (TPSA) is 84.6 Å². The molecule has 4 N–H and O–H groups in total. The Bertz CT molecular complexity index is 398. The molecule has 0 fully saturated rings. The number of nitrogens with one attached hydrogen (secondary N) is 1. The lowest BCUT2D eigenvalue weighted by molar-refractivity contribution is -0.118. The smallest absolute Gasteiger partial charge is 0.217 e. The normalized spacial score (nSPS) is 13.8. The van der Waals surface area contributed by atoms with E-state index in [1.807, 2.05) is 37.3 Å². The first kappa shape index (κ1) is 17.6. The zero-order chi connectivity index (χ0) is 15.5. The Balaban J connectivity index is 2.06. The molecule has 1 aromatic carbocycles. The lowest BCUT2D eigenvalue weighted by Crippen LogP contribution is -2.31. The van der Waals surface area contributed by atoms with Gasteiger partial charge in [0, 0.05) is 13.0 Å². The highest BCUT2D eigenvalue weighted by Crippen LogP contribution is 2.15. The molecule has 1 aromatic rings. The van der Waals surface area contributed by atoms with Crippen LogP contribution in [0, 0.1) is 0 Å². The molecule has 5 nitrogen and oxygen atoms in total. The van der Waals surface area contributed by atoms with Crippen LogP contribution >= 0.6 is 0 Å². The van der Waals surface area contributed by atoms with Crippen LogP contribution < -0.4 is 11.1 Å². The zero-order valence-electron chi connectivity index (χ0n) is 12.6. The molecule has 2 unspecified atom stereocenters. The van der Waals surface area contributed by atoms with Crippen molar-refractivity contribution in [3.8, 4) is 0 Å². The van der Waals surface area contributed by atoms with E-state index >= 15 is 0 Å². The van der Waals surface area contributed by atoms with Crippen molar-refractivity contribution in [2.24, 2.45) is 5.73 Å². The number of primary amides is 1. The van der Waals surface area contributed by atoms with Crippen molar-refractivity contribution in [3.63, 3.8) is 0 Å². The minimum Gasteiger partial charge on any atom is -0.389 e. The molecule has 0 aliphatic carbocycles. The summed E-state index contributed by atoms with van der Waals surface area (Å²) in [4.78, 5) is 10.6. The lowest BCUT2D eigenvalue weighted by Gasteiger charge is -2.17. The number of nitrogens with two attached hydrogens (primary N) is 1. The first-order valence-corrected chi connectivity index (χ1v) is 7.43. The van der Waals surface area contributed by atoms with E-state index in [2.05, 4.69) is 5.32 Å². The maximum Gasteiger partial charge on any atom is 0.217 e. The molecule has 0 aromatic heterocycles. The van der Waals surface area contributed by atoms with Crippen molar-refractivity contribution in [2.45, 2.75) is 38.4 Å².